The molecule has 0 unspecified atom stereocenters. The molecular weight excluding hydrogens is 319 g/mol. The van der Waals surface area contributed by atoms with Crippen molar-refractivity contribution in [3.05, 3.63) is 23.5 Å². The van der Waals surface area contributed by atoms with E-state index >= 15 is 0 Å². The van der Waals surface area contributed by atoms with Crippen LogP contribution < -0.4 is 0 Å². The van der Waals surface area contributed by atoms with Gasteiger partial charge in [-0.1, -0.05) is 5.21 Å². The van der Waals surface area contributed by atoms with Crippen LogP contribution in [0.15, 0.2) is 12.1 Å². The van der Waals surface area contributed by atoms with E-state index in [4.69, 9.17) is 9.84 Å². The van der Waals surface area contributed by atoms with Crippen molar-refractivity contribution in [3.63, 3.8) is 0 Å². The molecule has 0 saturated carbocycles. The van der Waals surface area contributed by atoms with E-state index in [9.17, 15) is 14.0 Å². The predicted molar refractivity (Wildman–Crippen MR) is 81.3 cm³/mol. The van der Waals surface area contributed by atoms with Crippen LogP contribution in [-0.2, 0) is 4.74 Å². The molecule has 1 aromatic carbocycles. The number of halogens is 1. The number of hydrogen-bond donors (Lipinski definition) is 1. The van der Waals surface area contributed by atoms with Crippen LogP contribution in [0.1, 0.15) is 37.2 Å². The lowest BCUT2D eigenvalue weighted by atomic mass is 10.1. The van der Waals surface area contributed by atoms with Crippen LogP contribution in [0.3, 0.4) is 0 Å². The number of benzene rings is 1. The lowest BCUT2D eigenvalue weighted by Crippen LogP contribution is -2.52. The molecule has 1 amide bonds. The molecule has 1 aromatic heterocycles. The first kappa shape index (κ1) is 16.2. The van der Waals surface area contributed by atoms with E-state index in [1.807, 2.05) is 0 Å². The van der Waals surface area contributed by atoms with Crippen LogP contribution in [0, 0.1) is 5.82 Å². The number of carbonyl (C=O) groups is 2. The molecule has 1 aliphatic rings. The quantitative estimate of drug-likeness (QED) is 0.901. The Kier molecular flexibility index (Phi) is 3.66. The smallest absolute Gasteiger partial charge is 0.410 e. The second-order valence-electron chi connectivity index (χ2n) is 6.70. The second kappa shape index (κ2) is 5.43. The van der Waals surface area contributed by atoms with Crippen molar-refractivity contribution < 1.29 is 23.8 Å². The van der Waals surface area contributed by atoms with Gasteiger partial charge in [0.1, 0.15) is 16.9 Å². The average molecular weight is 336 g/mol. The van der Waals surface area contributed by atoms with Gasteiger partial charge in [-0.25, -0.2) is 18.7 Å². The summed E-state index contributed by atoms with van der Waals surface area (Å²) in [7, 11) is 0. The molecule has 1 saturated heterocycles. The van der Waals surface area contributed by atoms with Crippen molar-refractivity contribution in [2.24, 2.45) is 0 Å². The van der Waals surface area contributed by atoms with E-state index in [-0.39, 0.29) is 6.04 Å². The van der Waals surface area contributed by atoms with Crippen molar-refractivity contribution in [2.45, 2.75) is 32.4 Å². The summed E-state index contributed by atoms with van der Waals surface area (Å²) < 4.78 is 20.6. The number of amides is 1. The number of nitrogens with zero attached hydrogens (tertiary/aromatic N) is 4. The highest BCUT2D eigenvalue weighted by atomic mass is 19.1. The molecule has 0 atom stereocenters. The molecule has 9 heteroatoms. The van der Waals surface area contributed by atoms with Crippen LogP contribution >= 0.6 is 0 Å². The molecule has 1 N–H and O–H groups in total. The standard InChI is InChI=1S/C15H17FN4O4/c1-15(2,3)24-14(23)19-6-8(7-19)20-12-5-10(16)9(13(21)22)4-11(12)17-18-20/h4-5,8H,6-7H2,1-3H3,(H,21,22). The summed E-state index contributed by atoms with van der Waals surface area (Å²) in [5, 5.41) is 16.8. The number of carbonyl (C=O) groups excluding carboxylic acids is 1. The molecule has 0 spiro atoms. The van der Waals surface area contributed by atoms with Crippen molar-refractivity contribution in [2.75, 3.05) is 13.1 Å². The van der Waals surface area contributed by atoms with Crippen LogP contribution in [0.2, 0.25) is 0 Å². The van der Waals surface area contributed by atoms with Gasteiger partial charge in [-0.3, -0.25) is 0 Å². The van der Waals surface area contributed by atoms with Crippen LogP contribution in [0.5, 0.6) is 0 Å². The van der Waals surface area contributed by atoms with Crippen molar-refractivity contribution in [1.82, 2.24) is 19.9 Å². The Balaban J connectivity index is 1.77. The maximum Gasteiger partial charge on any atom is 0.410 e. The number of carboxylic acids is 1. The van der Waals surface area contributed by atoms with Gasteiger partial charge >= 0.3 is 12.1 Å². The summed E-state index contributed by atoms with van der Waals surface area (Å²) in [5.74, 6) is -2.20. The lowest BCUT2D eigenvalue weighted by molar-refractivity contribution is -0.0000963. The molecule has 2 aromatic rings. The van der Waals surface area contributed by atoms with Gasteiger partial charge in [0, 0.05) is 19.2 Å². The zero-order valence-electron chi connectivity index (χ0n) is 13.5. The third-order valence-electron chi connectivity index (χ3n) is 3.65. The van der Waals surface area contributed by atoms with E-state index in [0.29, 0.717) is 24.1 Å². The number of likely N-dealkylation sites (tertiary alicyclic amines) is 1. The molecule has 128 valence electrons. The van der Waals surface area contributed by atoms with Gasteiger partial charge in [-0.15, -0.1) is 5.10 Å². The molecule has 1 fully saturated rings. The van der Waals surface area contributed by atoms with Gasteiger partial charge in [-0.2, -0.15) is 0 Å². The molecule has 8 nitrogen and oxygen atoms in total. The third kappa shape index (κ3) is 2.89. The van der Waals surface area contributed by atoms with E-state index in [0.717, 1.165) is 12.1 Å². The van der Waals surface area contributed by atoms with Gasteiger partial charge in [-0.05, 0) is 26.8 Å². The van der Waals surface area contributed by atoms with Crippen LogP contribution in [0.4, 0.5) is 9.18 Å². The minimum absolute atomic E-state index is 0.155. The van der Waals surface area contributed by atoms with Crippen molar-refractivity contribution >= 4 is 23.1 Å². The Morgan fingerprint density at radius 3 is 2.58 bits per heavy atom. The Bertz CT molecular complexity index is 821. The molecule has 0 aliphatic carbocycles. The number of aromatic carboxylic acids is 1. The molecular formula is C15H17FN4O4. The zero-order chi connectivity index (χ0) is 17.6. The summed E-state index contributed by atoms with van der Waals surface area (Å²) >= 11 is 0. The number of aromatic nitrogens is 3. The monoisotopic (exact) mass is 336 g/mol. The van der Waals surface area contributed by atoms with E-state index < -0.39 is 29.0 Å². The normalized spacial score (nSPS) is 15.4. The second-order valence-corrected chi connectivity index (χ2v) is 6.70. The minimum atomic E-state index is -1.36. The highest BCUT2D eigenvalue weighted by Crippen LogP contribution is 2.27. The summed E-state index contributed by atoms with van der Waals surface area (Å²) in [6.45, 7) is 6.10. The maximum absolute atomic E-state index is 13.9. The number of carboxylic acid groups (broad SMARTS) is 1. The van der Waals surface area contributed by atoms with Gasteiger partial charge in [0.15, 0.2) is 0 Å². The summed E-state index contributed by atoms with van der Waals surface area (Å²) in [6, 6.07) is 2.10. The molecule has 2 heterocycles. The first-order valence-corrected chi connectivity index (χ1v) is 7.41. The topological polar surface area (TPSA) is 97.5 Å². The minimum Gasteiger partial charge on any atom is -0.478 e. The Hall–Kier alpha value is -2.71. The molecule has 24 heavy (non-hydrogen) atoms. The van der Waals surface area contributed by atoms with Gasteiger partial charge < -0.3 is 14.7 Å². The first-order chi connectivity index (χ1) is 11.2. The fraction of sp³-hybridized carbons (Fsp3) is 0.467. The summed E-state index contributed by atoms with van der Waals surface area (Å²) in [6.07, 6.45) is -0.414. The summed E-state index contributed by atoms with van der Waals surface area (Å²) in [5.41, 5.74) is -0.326. The highest BCUT2D eigenvalue weighted by molar-refractivity contribution is 5.92. The van der Waals surface area contributed by atoms with E-state index in [1.165, 1.54) is 9.58 Å². The number of hydrogen-bond acceptors (Lipinski definition) is 5. The number of fused-ring (bicyclic) bond motifs is 1. The number of ether oxygens (including phenoxy) is 1. The van der Waals surface area contributed by atoms with Crippen molar-refractivity contribution in [1.29, 1.82) is 0 Å². The fourth-order valence-electron chi connectivity index (χ4n) is 2.48. The predicted octanol–water partition coefficient (Wildman–Crippen LogP) is 2.06. The Morgan fingerprint density at radius 1 is 1.33 bits per heavy atom. The lowest BCUT2D eigenvalue weighted by Gasteiger charge is -2.39. The zero-order valence-corrected chi connectivity index (χ0v) is 13.5. The van der Waals surface area contributed by atoms with Crippen molar-refractivity contribution in [3.8, 4) is 0 Å². The Morgan fingerprint density at radius 2 is 2.00 bits per heavy atom. The highest BCUT2D eigenvalue weighted by Gasteiger charge is 2.36. The van der Waals surface area contributed by atoms with Crippen LogP contribution in [-0.4, -0.2) is 55.8 Å². The van der Waals surface area contributed by atoms with Gasteiger partial charge in [0.2, 0.25) is 0 Å². The molecule has 0 radical (unpaired) electrons. The third-order valence-corrected chi connectivity index (χ3v) is 3.65. The average Bonchev–Trinajstić information content (AvgIpc) is 2.76. The SMILES string of the molecule is CC(C)(C)OC(=O)N1CC(n2nnc3cc(C(=O)O)c(F)cc32)C1. The van der Waals surface area contributed by atoms with Gasteiger partial charge in [0.25, 0.3) is 0 Å². The molecule has 3 rings (SSSR count). The molecule has 1 aliphatic heterocycles. The Labute approximate surface area is 136 Å². The fourth-order valence-corrected chi connectivity index (χ4v) is 2.48. The maximum atomic E-state index is 13.9. The molecule has 0 bridgehead atoms. The van der Waals surface area contributed by atoms with E-state index in [2.05, 4.69) is 10.3 Å². The van der Waals surface area contributed by atoms with E-state index in [1.54, 1.807) is 20.8 Å². The number of rotatable bonds is 2. The largest absolute Gasteiger partial charge is 0.478 e. The van der Waals surface area contributed by atoms with Gasteiger partial charge in [0.05, 0.1) is 17.1 Å². The van der Waals surface area contributed by atoms with Crippen LogP contribution in [0.25, 0.3) is 11.0 Å². The summed E-state index contributed by atoms with van der Waals surface area (Å²) in [4.78, 5) is 24.4. The first-order valence-electron chi connectivity index (χ1n) is 7.41.